The number of halogens is 1. The lowest BCUT2D eigenvalue weighted by Gasteiger charge is -2.09. The zero-order chi connectivity index (χ0) is 15.1. The van der Waals surface area contributed by atoms with Crippen LogP contribution in [0.3, 0.4) is 0 Å². The minimum atomic E-state index is -0.321. The molecule has 2 rings (SSSR count). The fourth-order valence-corrected chi connectivity index (χ4v) is 1.65. The molecule has 0 saturated carbocycles. The zero-order valence-corrected chi connectivity index (χ0v) is 11.7. The van der Waals surface area contributed by atoms with Gasteiger partial charge in [0.1, 0.15) is 24.8 Å². The van der Waals surface area contributed by atoms with Crippen molar-refractivity contribution in [2.45, 2.75) is 20.1 Å². The Morgan fingerprint density at radius 1 is 1.24 bits per heavy atom. The second kappa shape index (κ2) is 7.51. The largest absolute Gasteiger partial charge is 0.473 e. The zero-order valence-electron chi connectivity index (χ0n) is 11.7. The Hall–Kier alpha value is -2.25. The summed E-state index contributed by atoms with van der Waals surface area (Å²) in [4.78, 5) is 8.32. The van der Waals surface area contributed by atoms with Gasteiger partial charge in [-0.25, -0.2) is 15.2 Å². The third-order valence-corrected chi connectivity index (χ3v) is 2.67. The highest BCUT2D eigenvalue weighted by Gasteiger charge is 2.07. The number of ether oxygens (including phenoxy) is 2. The van der Waals surface area contributed by atoms with Crippen LogP contribution in [-0.4, -0.2) is 16.6 Å². The molecule has 7 heteroatoms. The summed E-state index contributed by atoms with van der Waals surface area (Å²) in [6.07, 6.45) is 0. The number of benzene rings is 1. The van der Waals surface area contributed by atoms with Gasteiger partial charge in [-0.3, -0.25) is 0 Å². The van der Waals surface area contributed by atoms with Crippen LogP contribution in [0.25, 0.3) is 0 Å². The number of nitrogen functional groups attached to an aromatic ring is 1. The highest BCUT2D eigenvalue weighted by atomic mass is 19.1. The second-order valence-corrected chi connectivity index (χ2v) is 4.17. The van der Waals surface area contributed by atoms with Crippen molar-refractivity contribution >= 4 is 5.82 Å². The van der Waals surface area contributed by atoms with Gasteiger partial charge < -0.3 is 14.9 Å². The molecule has 1 aromatic heterocycles. The molecular formula is C14H17FN4O2. The lowest BCUT2D eigenvalue weighted by atomic mass is 10.2. The molecule has 0 unspecified atom stereocenters. The minimum absolute atomic E-state index is 0.0712. The summed E-state index contributed by atoms with van der Waals surface area (Å²) in [5.41, 5.74) is 2.88. The van der Waals surface area contributed by atoms with Crippen LogP contribution in [0.2, 0.25) is 0 Å². The Labute approximate surface area is 122 Å². The maximum Gasteiger partial charge on any atom is 0.219 e. The summed E-state index contributed by atoms with van der Waals surface area (Å²) in [6.45, 7) is 2.75. The van der Waals surface area contributed by atoms with E-state index in [0.717, 1.165) is 0 Å². The van der Waals surface area contributed by atoms with Gasteiger partial charge in [-0.05, 0) is 13.0 Å². The van der Waals surface area contributed by atoms with Crippen LogP contribution in [0, 0.1) is 5.82 Å². The molecule has 21 heavy (non-hydrogen) atoms. The first-order chi connectivity index (χ1) is 10.2. The maximum absolute atomic E-state index is 13.5. The predicted octanol–water partition coefficient (Wildman–Crippen LogP) is 2.02. The minimum Gasteiger partial charge on any atom is -0.473 e. The molecule has 2 aromatic rings. The number of hydrazine groups is 1. The first kappa shape index (κ1) is 15.1. The molecule has 0 atom stereocenters. The average Bonchev–Trinajstić information content (AvgIpc) is 2.52. The molecule has 0 aliphatic rings. The van der Waals surface area contributed by atoms with Crippen LogP contribution in [-0.2, 0) is 18.0 Å². The molecule has 0 bridgehead atoms. The van der Waals surface area contributed by atoms with E-state index in [0.29, 0.717) is 29.7 Å². The quantitative estimate of drug-likeness (QED) is 0.600. The van der Waals surface area contributed by atoms with Crippen LogP contribution in [0.4, 0.5) is 10.2 Å². The molecule has 1 heterocycles. The van der Waals surface area contributed by atoms with Crippen molar-refractivity contribution in [1.29, 1.82) is 0 Å². The van der Waals surface area contributed by atoms with E-state index in [1.54, 1.807) is 18.2 Å². The lowest BCUT2D eigenvalue weighted by Crippen LogP contribution is -2.12. The van der Waals surface area contributed by atoms with Gasteiger partial charge in [-0.2, -0.15) is 4.98 Å². The van der Waals surface area contributed by atoms with Gasteiger partial charge in [0.25, 0.3) is 0 Å². The number of anilines is 1. The van der Waals surface area contributed by atoms with Crippen molar-refractivity contribution in [2.24, 2.45) is 5.84 Å². The number of hydrogen-bond acceptors (Lipinski definition) is 6. The van der Waals surface area contributed by atoms with Crippen LogP contribution >= 0.6 is 0 Å². The molecule has 0 radical (unpaired) electrons. The van der Waals surface area contributed by atoms with Crippen LogP contribution in [0.1, 0.15) is 18.3 Å². The number of nitrogens with two attached hydrogens (primary N) is 1. The van der Waals surface area contributed by atoms with Crippen molar-refractivity contribution < 1.29 is 13.9 Å². The smallest absolute Gasteiger partial charge is 0.219 e. The first-order valence-corrected chi connectivity index (χ1v) is 6.51. The third-order valence-electron chi connectivity index (χ3n) is 2.67. The molecule has 0 saturated heterocycles. The molecule has 112 valence electrons. The maximum atomic E-state index is 13.5. The normalized spacial score (nSPS) is 10.4. The van der Waals surface area contributed by atoms with Gasteiger partial charge in [0.2, 0.25) is 5.88 Å². The number of rotatable bonds is 7. The van der Waals surface area contributed by atoms with E-state index in [9.17, 15) is 4.39 Å². The standard InChI is InChI=1S/C14H17FN4O2/c1-2-20-9-13-17-12(19-16)7-14(18-13)21-8-10-5-3-4-6-11(10)15/h3-7H,2,8-9,16H2,1H3,(H,17,18,19). The van der Waals surface area contributed by atoms with Crippen LogP contribution in [0.5, 0.6) is 5.88 Å². The van der Waals surface area contributed by atoms with Crippen molar-refractivity contribution in [3.8, 4) is 5.88 Å². The van der Waals surface area contributed by atoms with Crippen LogP contribution in [0.15, 0.2) is 30.3 Å². The van der Waals surface area contributed by atoms with Crippen molar-refractivity contribution in [1.82, 2.24) is 9.97 Å². The van der Waals surface area contributed by atoms with Crippen molar-refractivity contribution in [3.63, 3.8) is 0 Å². The Morgan fingerprint density at radius 2 is 2.05 bits per heavy atom. The Kier molecular flexibility index (Phi) is 5.42. The van der Waals surface area contributed by atoms with E-state index in [1.165, 1.54) is 12.1 Å². The van der Waals surface area contributed by atoms with E-state index in [1.807, 2.05) is 6.92 Å². The van der Waals surface area contributed by atoms with E-state index >= 15 is 0 Å². The Bertz CT molecular complexity index is 595. The topological polar surface area (TPSA) is 82.3 Å². The van der Waals surface area contributed by atoms with E-state index < -0.39 is 0 Å². The average molecular weight is 292 g/mol. The lowest BCUT2D eigenvalue weighted by molar-refractivity contribution is 0.127. The number of nitrogens with one attached hydrogen (secondary N) is 1. The molecule has 0 amide bonds. The summed E-state index contributed by atoms with van der Waals surface area (Å²) in [6, 6.07) is 7.94. The van der Waals surface area contributed by atoms with Crippen molar-refractivity contribution in [2.75, 3.05) is 12.0 Å². The summed E-state index contributed by atoms with van der Waals surface area (Å²) >= 11 is 0. The predicted molar refractivity (Wildman–Crippen MR) is 75.9 cm³/mol. The Balaban J connectivity index is 2.09. The summed E-state index contributed by atoms with van der Waals surface area (Å²) in [5.74, 6) is 6.18. The molecule has 1 aromatic carbocycles. The van der Waals surface area contributed by atoms with Gasteiger partial charge in [0, 0.05) is 18.2 Å². The molecule has 0 aliphatic heterocycles. The molecule has 0 aliphatic carbocycles. The van der Waals surface area contributed by atoms with E-state index in [4.69, 9.17) is 15.3 Å². The highest BCUT2D eigenvalue weighted by Crippen LogP contribution is 2.16. The fraction of sp³-hybridized carbons (Fsp3) is 0.286. The summed E-state index contributed by atoms with van der Waals surface area (Å²) < 4.78 is 24.3. The van der Waals surface area contributed by atoms with Crippen LogP contribution < -0.4 is 16.0 Å². The number of hydrogen-bond donors (Lipinski definition) is 2. The SMILES string of the molecule is CCOCc1nc(NN)cc(OCc2ccccc2F)n1. The van der Waals surface area contributed by atoms with Gasteiger partial charge >= 0.3 is 0 Å². The van der Waals surface area contributed by atoms with Gasteiger partial charge in [-0.15, -0.1) is 0 Å². The molecular weight excluding hydrogens is 275 g/mol. The molecule has 6 nitrogen and oxygen atoms in total. The Morgan fingerprint density at radius 3 is 2.76 bits per heavy atom. The van der Waals surface area contributed by atoms with Crippen molar-refractivity contribution in [3.05, 3.63) is 47.5 Å². The molecule has 0 spiro atoms. The van der Waals surface area contributed by atoms with E-state index in [2.05, 4.69) is 15.4 Å². The fourth-order valence-electron chi connectivity index (χ4n) is 1.65. The second-order valence-electron chi connectivity index (χ2n) is 4.17. The first-order valence-electron chi connectivity index (χ1n) is 6.51. The number of aromatic nitrogens is 2. The summed E-state index contributed by atoms with van der Waals surface area (Å²) in [7, 11) is 0. The monoisotopic (exact) mass is 292 g/mol. The third kappa shape index (κ3) is 4.37. The van der Waals surface area contributed by atoms with Gasteiger partial charge in [0.05, 0.1) is 0 Å². The highest BCUT2D eigenvalue weighted by molar-refractivity contribution is 5.37. The van der Waals surface area contributed by atoms with Gasteiger partial charge in [0.15, 0.2) is 5.82 Å². The van der Waals surface area contributed by atoms with Gasteiger partial charge in [-0.1, -0.05) is 18.2 Å². The molecule has 0 fully saturated rings. The molecule has 3 N–H and O–H groups in total. The van der Waals surface area contributed by atoms with E-state index in [-0.39, 0.29) is 19.0 Å². The summed E-state index contributed by atoms with van der Waals surface area (Å²) in [5, 5.41) is 0. The number of nitrogens with zero attached hydrogens (tertiary/aromatic N) is 2.